The average Bonchev–Trinajstić information content (AvgIpc) is 2.84. The Morgan fingerprint density at radius 3 is 2.79 bits per heavy atom. The van der Waals surface area contributed by atoms with Crippen molar-refractivity contribution in [2.24, 2.45) is 0 Å². The molecule has 2 amide bonds. The second kappa shape index (κ2) is 6.31. The molecule has 0 aliphatic carbocycles. The number of hydrogen-bond donors (Lipinski definition) is 2. The van der Waals surface area contributed by atoms with E-state index in [0.29, 0.717) is 12.2 Å². The third-order valence-corrected chi connectivity index (χ3v) is 6.15. The lowest BCUT2D eigenvalue weighted by atomic mass is 9.86. The monoisotopic (exact) mass is 349 g/mol. The Labute approximate surface area is 146 Å². The van der Waals surface area contributed by atoms with Crippen molar-refractivity contribution in [1.82, 2.24) is 5.32 Å². The number of rotatable bonds is 4. The molecule has 2 unspecified atom stereocenters. The van der Waals surface area contributed by atoms with Gasteiger partial charge in [-0.15, -0.1) is 0 Å². The molecule has 0 aromatic heterocycles. The summed E-state index contributed by atoms with van der Waals surface area (Å²) in [6, 6.07) is 1.81. The van der Waals surface area contributed by atoms with E-state index in [-0.39, 0.29) is 22.0 Å². The summed E-state index contributed by atoms with van der Waals surface area (Å²) in [7, 11) is 0. The number of imide groups is 1. The van der Waals surface area contributed by atoms with Gasteiger partial charge in [0.2, 0.25) is 5.91 Å². The number of carbonyl (C=O) groups excluding carboxylic acids is 2. The number of aryl methyl sites for hydroxylation is 1. The highest BCUT2D eigenvalue weighted by Gasteiger charge is 2.35. The summed E-state index contributed by atoms with van der Waals surface area (Å²) in [4.78, 5) is 22.8. The minimum atomic E-state index is -0.273. The second-order valence-electron chi connectivity index (χ2n) is 6.96. The number of ether oxygens (including phenoxy) is 1. The number of aromatic hydroxyl groups is 1. The molecule has 2 heterocycles. The maximum Gasteiger partial charge on any atom is 0.286 e. The zero-order valence-corrected chi connectivity index (χ0v) is 15.1. The van der Waals surface area contributed by atoms with E-state index in [1.807, 2.05) is 19.9 Å². The van der Waals surface area contributed by atoms with Gasteiger partial charge in [-0.2, -0.15) is 0 Å². The zero-order chi connectivity index (χ0) is 17.5. The average molecular weight is 349 g/mol. The van der Waals surface area contributed by atoms with E-state index in [4.69, 9.17) is 4.74 Å². The normalized spacial score (nSPS) is 26.0. The van der Waals surface area contributed by atoms with Crippen LogP contribution in [-0.2, 0) is 11.2 Å². The first kappa shape index (κ1) is 17.1. The number of carbonyl (C=O) groups is 2. The fraction of sp³-hybridized carbons (Fsp3) is 0.556. The van der Waals surface area contributed by atoms with Crippen LogP contribution in [0.25, 0.3) is 0 Å². The molecule has 5 nitrogen and oxygen atoms in total. The van der Waals surface area contributed by atoms with Crippen molar-refractivity contribution >= 4 is 22.9 Å². The molecule has 1 aromatic rings. The number of benzene rings is 1. The first-order valence-electron chi connectivity index (χ1n) is 8.31. The third kappa shape index (κ3) is 3.24. The van der Waals surface area contributed by atoms with E-state index < -0.39 is 0 Å². The SMILES string of the molecule is Cc1c(O)cc2c(c1C)OC(C)(CCCC1SC(=O)NC1=O)CC2. The molecule has 0 saturated carbocycles. The Morgan fingerprint density at radius 1 is 1.38 bits per heavy atom. The zero-order valence-electron chi connectivity index (χ0n) is 14.3. The van der Waals surface area contributed by atoms with Gasteiger partial charge in [-0.25, -0.2) is 0 Å². The van der Waals surface area contributed by atoms with Crippen molar-refractivity contribution in [1.29, 1.82) is 0 Å². The van der Waals surface area contributed by atoms with Crippen LogP contribution in [0.5, 0.6) is 11.5 Å². The summed E-state index contributed by atoms with van der Waals surface area (Å²) >= 11 is 1.09. The smallest absolute Gasteiger partial charge is 0.286 e. The van der Waals surface area contributed by atoms with Gasteiger partial charge in [0.25, 0.3) is 5.24 Å². The molecule has 0 spiro atoms. The van der Waals surface area contributed by atoms with E-state index >= 15 is 0 Å². The van der Waals surface area contributed by atoms with Gasteiger partial charge in [0.1, 0.15) is 17.1 Å². The van der Waals surface area contributed by atoms with Gasteiger partial charge in [0.15, 0.2) is 0 Å². The van der Waals surface area contributed by atoms with Crippen LogP contribution in [0.2, 0.25) is 0 Å². The molecule has 0 radical (unpaired) electrons. The van der Waals surface area contributed by atoms with Gasteiger partial charge in [-0.1, -0.05) is 11.8 Å². The first-order chi connectivity index (χ1) is 11.3. The van der Waals surface area contributed by atoms with E-state index in [1.165, 1.54) is 0 Å². The van der Waals surface area contributed by atoms with Crippen LogP contribution in [0.15, 0.2) is 6.07 Å². The molecule has 2 atom stereocenters. The summed E-state index contributed by atoms with van der Waals surface area (Å²) in [6.07, 6.45) is 4.11. The summed E-state index contributed by atoms with van der Waals surface area (Å²) in [6.45, 7) is 5.97. The van der Waals surface area contributed by atoms with Crippen LogP contribution in [0.1, 0.15) is 49.3 Å². The molecule has 2 aliphatic heterocycles. The summed E-state index contributed by atoms with van der Waals surface area (Å²) < 4.78 is 6.31. The molecular weight excluding hydrogens is 326 g/mol. The molecule has 1 fully saturated rings. The van der Waals surface area contributed by atoms with E-state index in [9.17, 15) is 14.7 Å². The molecule has 2 N–H and O–H groups in total. The molecule has 24 heavy (non-hydrogen) atoms. The predicted octanol–water partition coefficient (Wildman–Crippen LogP) is 3.61. The van der Waals surface area contributed by atoms with Gasteiger partial charge < -0.3 is 9.84 Å². The number of fused-ring (bicyclic) bond motifs is 1. The largest absolute Gasteiger partial charge is 0.508 e. The van der Waals surface area contributed by atoms with E-state index in [1.54, 1.807) is 0 Å². The highest BCUT2D eigenvalue weighted by molar-refractivity contribution is 8.15. The Hall–Kier alpha value is -1.69. The topological polar surface area (TPSA) is 75.6 Å². The van der Waals surface area contributed by atoms with Gasteiger partial charge in [-0.3, -0.25) is 14.9 Å². The minimum absolute atomic E-state index is 0.174. The number of nitrogens with one attached hydrogen (secondary N) is 1. The summed E-state index contributed by atoms with van der Waals surface area (Å²) in [5, 5.41) is 11.8. The van der Waals surface area contributed by atoms with E-state index in [2.05, 4.69) is 12.2 Å². The standard InChI is InChI=1S/C18H23NO4S/c1-10-11(2)15-12(9-13(10)20)6-8-18(3,23-15)7-4-5-14-16(21)19-17(22)24-14/h9,14,20H,4-8H2,1-3H3,(H,19,21,22). The van der Waals surface area contributed by atoms with Crippen molar-refractivity contribution in [2.75, 3.05) is 0 Å². The van der Waals surface area contributed by atoms with Crippen LogP contribution < -0.4 is 10.1 Å². The summed E-state index contributed by atoms with van der Waals surface area (Å²) in [5.74, 6) is 1.04. The molecule has 1 aromatic carbocycles. The Kier molecular flexibility index (Phi) is 4.51. The Bertz CT molecular complexity index is 703. The maximum absolute atomic E-state index is 11.6. The lowest BCUT2D eigenvalue weighted by Crippen LogP contribution is -2.37. The van der Waals surface area contributed by atoms with Crippen molar-refractivity contribution < 1.29 is 19.4 Å². The van der Waals surface area contributed by atoms with Crippen molar-refractivity contribution in [3.63, 3.8) is 0 Å². The molecule has 2 aliphatic rings. The van der Waals surface area contributed by atoms with Crippen molar-refractivity contribution in [2.45, 2.75) is 63.7 Å². The molecule has 0 bridgehead atoms. The fourth-order valence-electron chi connectivity index (χ4n) is 3.39. The lowest BCUT2D eigenvalue weighted by molar-refractivity contribution is -0.119. The minimum Gasteiger partial charge on any atom is -0.508 e. The van der Waals surface area contributed by atoms with E-state index in [0.717, 1.165) is 59.9 Å². The number of phenolic OH excluding ortho intramolecular Hbond substituents is 1. The van der Waals surface area contributed by atoms with Crippen LogP contribution in [-0.4, -0.2) is 27.1 Å². The molecule has 1 saturated heterocycles. The molecule has 130 valence electrons. The van der Waals surface area contributed by atoms with Crippen molar-refractivity contribution in [3.8, 4) is 11.5 Å². The lowest BCUT2D eigenvalue weighted by Gasteiger charge is -2.37. The first-order valence-corrected chi connectivity index (χ1v) is 9.19. The van der Waals surface area contributed by atoms with Gasteiger partial charge in [0.05, 0.1) is 5.25 Å². The molecular formula is C18H23NO4S. The fourth-order valence-corrected chi connectivity index (χ4v) is 4.26. The number of amides is 2. The Morgan fingerprint density at radius 2 is 2.12 bits per heavy atom. The van der Waals surface area contributed by atoms with Gasteiger partial charge in [0, 0.05) is 0 Å². The quantitative estimate of drug-likeness (QED) is 0.868. The molecule has 3 rings (SSSR count). The third-order valence-electron chi connectivity index (χ3n) is 5.10. The molecule has 6 heteroatoms. The summed E-state index contributed by atoms with van der Waals surface area (Å²) in [5.41, 5.74) is 2.64. The number of thioether (sulfide) groups is 1. The van der Waals surface area contributed by atoms with Crippen LogP contribution in [0.3, 0.4) is 0 Å². The van der Waals surface area contributed by atoms with Crippen LogP contribution in [0.4, 0.5) is 4.79 Å². The maximum atomic E-state index is 11.6. The highest BCUT2D eigenvalue weighted by atomic mass is 32.2. The van der Waals surface area contributed by atoms with Gasteiger partial charge >= 0.3 is 0 Å². The number of hydrogen-bond acceptors (Lipinski definition) is 5. The van der Waals surface area contributed by atoms with Crippen molar-refractivity contribution in [3.05, 3.63) is 22.8 Å². The number of phenols is 1. The van der Waals surface area contributed by atoms with Crippen LogP contribution >= 0.6 is 11.8 Å². The predicted molar refractivity (Wildman–Crippen MR) is 93.7 cm³/mol. The van der Waals surface area contributed by atoms with Crippen LogP contribution in [0, 0.1) is 13.8 Å². The second-order valence-corrected chi connectivity index (χ2v) is 8.14. The highest BCUT2D eigenvalue weighted by Crippen LogP contribution is 2.42. The van der Waals surface area contributed by atoms with Gasteiger partial charge in [-0.05, 0) is 75.6 Å². The Balaban J connectivity index is 1.64.